The highest BCUT2D eigenvalue weighted by Gasteiger charge is 2.04. The number of rotatable bonds is 2. The monoisotopic (exact) mass is 207 g/mol. The van der Waals surface area contributed by atoms with E-state index in [9.17, 15) is 0 Å². The highest BCUT2D eigenvalue weighted by molar-refractivity contribution is 7.07. The SMILES string of the molecule is Cc1nsc(Oc2ccccc2N)n1. The van der Waals surface area contributed by atoms with E-state index in [0.29, 0.717) is 22.5 Å². The molecule has 14 heavy (non-hydrogen) atoms. The quantitative estimate of drug-likeness (QED) is 0.767. The summed E-state index contributed by atoms with van der Waals surface area (Å²) in [6.45, 7) is 1.82. The molecule has 0 atom stereocenters. The number of hydrogen-bond donors (Lipinski definition) is 1. The molecule has 0 saturated heterocycles. The third-order valence-electron chi connectivity index (χ3n) is 1.63. The van der Waals surface area contributed by atoms with E-state index in [2.05, 4.69) is 9.36 Å². The lowest BCUT2D eigenvalue weighted by Gasteiger charge is -2.03. The Kier molecular flexibility index (Phi) is 2.32. The van der Waals surface area contributed by atoms with Crippen LogP contribution in [0.3, 0.4) is 0 Å². The molecule has 0 aliphatic carbocycles. The normalized spacial score (nSPS) is 10.1. The van der Waals surface area contributed by atoms with Crippen LogP contribution in [-0.4, -0.2) is 9.36 Å². The zero-order chi connectivity index (χ0) is 9.97. The first-order valence-corrected chi connectivity index (χ1v) is 4.86. The third-order valence-corrected chi connectivity index (χ3v) is 2.31. The lowest BCUT2D eigenvalue weighted by molar-refractivity contribution is 0.480. The number of nitrogens with two attached hydrogens (primary N) is 1. The molecule has 0 aliphatic rings. The summed E-state index contributed by atoms with van der Waals surface area (Å²) in [6.07, 6.45) is 0. The molecule has 1 heterocycles. The van der Waals surface area contributed by atoms with Crippen LogP contribution in [0.5, 0.6) is 10.9 Å². The zero-order valence-electron chi connectivity index (χ0n) is 7.60. The van der Waals surface area contributed by atoms with Crippen molar-refractivity contribution >= 4 is 17.2 Å². The number of para-hydroxylation sites is 2. The topological polar surface area (TPSA) is 61.0 Å². The molecule has 1 aromatic carbocycles. The summed E-state index contributed by atoms with van der Waals surface area (Å²) in [5.41, 5.74) is 6.30. The van der Waals surface area contributed by atoms with Crippen LogP contribution in [0.4, 0.5) is 5.69 Å². The Hall–Kier alpha value is -1.62. The molecule has 0 radical (unpaired) electrons. The maximum Gasteiger partial charge on any atom is 0.298 e. The van der Waals surface area contributed by atoms with Crippen LogP contribution in [0.1, 0.15) is 5.82 Å². The van der Waals surface area contributed by atoms with Crippen LogP contribution in [0.2, 0.25) is 0 Å². The lowest BCUT2D eigenvalue weighted by atomic mass is 10.3. The van der Waals surface area contributed by atoms with Crippen LogP contribution < -0.4 is 10.5 Å². The summed E-state index contributed by atoms with van der Waals surface area (Å²) in [5, 5.41) is 0.514. The fourth-order valence-electron chi connectivity index (χ4n) is 0.987. The molecule has 0 fully saturated rings. The Labute approximate surface area is 85.5 Å². The summed E-state index contributed by atoms with van der Waals surface area (Å²) in [4.78, 5) is 4.08. The maximum atomic E-state index is 5.71. The fourth-order valence-corrected chi connectivity index (χ4v) is 1.54. The molecule has 2 N–H and O–H groups in total. The van der Waals surface area contributed by atoms with Crippen molar-refractivity contribution in [1.29, 1.82) is 0 Å². The standard InChI is InChI=1S/C9H9N3OS/c1-6-11-9(14-12-6)13-8-5-3-2-4-7(8)10/h2-5H,10H2,1H3. The van der Waals surface area contributed by atoms with Gasteiger partial charge >= 0.3 is 0 Å². The molecule has 0 bridgehead atoms. The van der Waals surface area contributed by atoms with Crippen molar-refractivity contribution in [3.8, 4) is 10.9 Å². The Balaban J connectivity index is 2.23. The molecular weight excluding hydrogens is 198 g/mol. The number of benzene rings is 1. The van der Waals surface area contributed by atoms with Gasteiger partial charge in [-0.25, -0.2) is 0 Å². The van der Waals surface area contributed by atoms with Crippen molar-refractivity contribution in [2.75, 3.05) is 5.73 Å². The van der Waals surface area contributed by atoms with Crippen LogP contribution >= 0.6 is 11.5 Å². The van der Waals surface area contributed by atoms with Gasteiger partial charge in [0.15, 0.2) is 5.75 Å². The van der Waals surface area contributed by atoms with Crippen molar-refractivity contribution in [3.63, 3.8) is 0 Å². The van der Waals surface area contributed by atoms with E-state index in [1.54, 1.807) is 12.1 Å². The predicted octanol–water partition coefficient (Wildman–Crippen LogP) is 2.22. The number of hydrogen-bond acceptors (Lipinski definition) is 5. The van der Waals surface area contributed by atoms with Gasteiger partial charge < -0.3 is 10.5 Å². The summed E-state index contributed by atoms with van der Waals surface area (Å²) in [7, 11) is 0. The Bertz CT molecular complexity index is 441. The van der Waals surface area contributed by atoms with Crippen molar-refractivity contribution < 1.29 is 4.74 Å². The largest absolute Gasteiger partial charge is 0.428 e. The first-order valence-electron chi connectivity index (χ1n) is 4.08. The molecule has 72 valence electrons. The number of anilines is 1. The molecule has 1 aromatic heterocycles. The summed E-state index contributed by atoms with van der Waals surface area (Å²) >= 11 is 1.21. The molecule has 5 heteroatoms. The summed E-state index contributed by atoms with van der Waals surface area (Å²) in [6, 6.07) is 7.29. The molecule has 2 rings (SSSR count). The second kappa shape index (κ2) is 3.63. The zero-order valence-corrected chi connectivity index (χ0v) is 8.41. The molecule has 0 aliphatic heterocycles. The minimum Gasteiger partial charge on any atom is -0.428 e. The van der Waals surface area contributed by atoms with E-state index in [-0.39, 0.29) is 0 Å². The summed E-state index contributed by atoms with van der Waals surface area (Å²) in [5.74, 6) is 1.32. The Morgan fingerprint density at radius 3 is 2.79 bits per heavy atom. The average molecular weight is 207 g/mol. The van der Waals surface area contributed by atoms with Gasteiger partial charge in [0.1, 0.15) is 5.82 Å². The van der Waals surface area contributed by atoms with E-state index in [4.69, 9.17) is 10.5 Å². The van der Waals surface area contributed by atoms with Crippen molar-refractivity contribution in [2.24, 2.45) is 0 Å². The van der Waals surface area contributed by atoms with E-state index < -0.39 is 0 Å². The van der Waals surface area contributed by atoms with Gasteiger partial charge in [0.25, 0.3) is 5.19 Å². The van der Waals surface area contributed by atoms with E-state index in [1.165, 1.54) is 11.5 Å². The van der Waals surface area contributed by atoms with Crippen LogP contribution in [0, 0.1) is 6.92 Å². The van der Waals surface area contributed by atoms with Gasteiger partial charge in [-0.1, -0.05) is 12.1 Å². The van der Waals surface area contributed by atoms with Gasteiger partial charge in [-0.05, 0) is 19.1 Å². The molecule has 0 unspecified atom stereocenters. The highest BCUT2D eigenvalue weighted by Crippen LogP contribution is 2.27. The van der Waals surface area contributed by atoms with Gasteiger partial charge in [0, 0.05) is 11.5 Å². The van der Waals surface area contributed by atoms with Gasteiger partial charge in [0.2, 0.25) is 0 Å². The number of ether oxygens (including phenoxy) is 1. The summed E-state index contributed by atoms with van der Waals surface area (Å²) < 4.78 is 9.46. The first-order chi connectivity index (χ1) is 6.75. The predicted molar refractivity (Wildman–Crippen MR) is 55.6 cm³/mol. The lowest BCUT2D eigenvalue weighted by Crippen LogP contribution is -1.90. The van der Waals surface area contributed by atoms with Crippen LogP contribution in [-0.2, 0) is 0 Å². The van der Waals surface area contributed by atoms with E-state index >= 15 is 0 Å². The molecule has 4 nitrogen and oxygen atoms in total. The van der Waals surface area contributed by atoms with Gasteiger partial charge in [0.05, 0.1) is 5.69 Å². The minimum atomic E-state index is 0.514. The van der Waals surface area contributed by atoms with E-state index in [0.717, 1.165) is 0 Å². The second-order valence-corrected chi connectivity index (χ2v) is 3.46. The Morgan fingerprint density at radius 1 is 1.36 bits per heavy atom. The van der Waals surface area contributed by atoms with Crippen molar-refractivity contribution in [2.45, 2.75) is 6.92 Å². The molecular formula is C9H9N3OS. The number of nitrogen functional groups attached to an aromatic ring is 1. The fraction of sp³-hybridized carbons (Fsp3) is 0.111. The molecule has 0 amide bonds. The molecule has 0 spiro atoms. The Morgan fingerprint density at radius 2 is 2.14 bits per heavy atom. The third kappa shape index (κ3) is 1.82. The van der Waals surface area contributed by atoms with Crippen LogP contribution in [0.25, 0.3) is 0 Å². The van der Waals surface area contributed by atoms with Crippen molar-refractivity contribution in [3.05, 3.63) is 30.1 Å². The second-order valence-electron chi connectivity index (χ2n) is 2.75. The van der Waals surface area contributed by atoms with E-state index in [1.807, 2.05) is 19.1 Å². The molecule has 0 saturated carbocycles. The van der Waals surface area contributed by atoms with Crippen LogP contribution in [0.15, 0.2) is 24.3 Å². The number of aryl methyl sites for hydroxylation is 1. The average Bonchev–Trinajstić information content (AvgIpc) is 2.56. The smallest absolute Gasteiger partial charge is 0.298 e. The van der Waals surface area contributed by atoms with Gasteiger partial charge in [-0.15, -0.1) is 0 Å². The van der Waals surface area contributed by atoms with Gasteiger partial charge in [-0.3, -0.25) is 0 Å². The number of aromatic nitrogens is 2. The van der Waals surface area contributed by atoms with Gasteiger partial charge in [-0.2, -0.15) is 9.36 Å². The molecule has 2 aromatic rings. The maximum absolute atomic E-state index is 5.71. The minimum absolute atomic E-state index is 0.514. The number of nitrogens with zero attached hydrogens (tertiary/aromatic N) is 2. The van der Waals surface area contributed by atoms with Crippen molar-refractivity contribution in [1.82, 2.24) is 9.36 Å². The first kappa shape index (κ1) is 8.96. The highest BCUT2D eigenvalue weighted by atomic mass is 32.1.